The molecule has 1 aromatic heterocycles. The van der Waals surface area contributed by atoms with Gasteiger partial charge >= 0.3 is 0 Å². The van der Waals surface area contributed by atoms with Gasteiger partial charge in [-0.05, 0) is 13.8 Å². The molecule has 3 nitrogen and oxygen atoms in total. The Bertz CT molecular complexity index is 274. The molecule has 1 atom stereocenters. The molecule has 1 amide bonds. The molecular formula is C8H11ClN2OS. The Balaban J connectivity index is 2.58. The van der Waals surface area contributed by atoms with E-state index >= 15 is 0 Å². The van der Waals surface area contributed by atoms with Gasteiger partial charge in [0.05, 0.1) is 11.2 Å². The van der Waals surface area contributed by atoms with Gasteiger partial charge in [-0.25, -0.2) is 4.98 Å². The number of hydrogen-bond donors (Lipinski definition) is 1. The first-order valence-electron chi connectivity index (χ1n) is 3.93. The zero-order chi connectivity index (χ0) is 9.84. The molecule has 72 valence electrons. The van der Waals surface area contributed by atoms with Gasteiger partial charge in [0.25, 0.3) is 0 Å². The third-order valence-electron chi connectivity index (χ3n) is 1.37. The van der Waals surface area contributed by atoms with Crippen LogP contribution in [0.3, 0.4) is 0 Å². The zero-order valence-electron chi connectivity index (χ0n) is 7.45. The standard InChI is InChI=1S/C8H11ClN2OS/c1-5(2)11-8(12)7(9)6-3-13-4-10-6/h3-5,7H,1-2H3,(H,11,12). The molecule has 0 aliphatic rings. The summed E-state index contributed by atoms with van der Waals surface area (Å²) in [5.41, 5.74) is 2.28. The Kier molecular flexibility index (Phi) is 3.69. The van der Waals surface area contributed by atoms with Crippen LogP contribution in [0.2, 0.25) is 0 Å². The molecule has 1 N–H and O–H groups in total. The number of nitrogens with one attached hydrogen (secondary N) is 1. The molecule has 0 aromatic carbocycles. The van der Waals surface area contributed by atoms with Gasteiger partial charge in [0.1, 0.15) is 0 Å². The summed E-state index contributed by atoms with van der Waals surface area (Å²) in [5.74, 6) is -0.192. The van der Waals surface area contributed by atoms with Crippen LogP contribution in [0, 0.1) is 0 Å². The number of hydrogen-bond acceptors (Lipinski definition) is 3. The number of alkyl halides is 1. The lowest BCUT2D eigenvalue weighted by atomic mass is 10.3. The van der Waals surface area contributed by atoms with Crippen molar-refractivity contribution >= 4 is 28.8 Å². The second kappa shape index (κ2) is 4.58. The molecular weight excluding hydrogens is 208 g/mol. The largest absolute Gasteiger partial charge is 0.352 e. The molecule has 0 bridgehead atoms. The number of thiazole rings is 1. The number of amides is 1. The molecule has 5 heteroatoms. The van der Waals surface area contributed by atoms with E-state index in [1.165, 1.54) is 11.3 Å². The molecule has 13 heavy (non-hydrogen) atoms. The topological polar surface area (TPSA) is 42.0 Å². The second-order valence-corrected chi connectivity index (χ2v) is 4.09. The predicted molar refractivity (Wildman–Crippen MR) is 54.0 cm³/mol. The number of halogens is 1. The van der Waals surface area contributed by atoms with Crippen molar-refractivity contribution in [2.24, 2.45) is 0 Å². The monoisotopic (exact) mass is 218 g/mol. The Morgan fingerprint density at radius 1 is 1.69 bits per heavy atom. The lowest BCUT2D eigenvalue weighted by Crippen LogP contribution is -2.32. The molecule has 1 unspecified atom stereocenters. The number of nitrogens with zero attached hydrogens (tertiary/aromatic N) is 1. The van der Waals surface area contributed by atoms with Crippen molar-refractivity contribution in [2.45, 2.75) is 25.3 Å². The molecule has 1 aromatic rings. The Labute approximate surface area is 86.1 Å². The lowest BCUT2D eigenvalue weighted by molar-refractivity contribution is -0.121. The molecule has 0 saturated heterocycles. The molecule has 0 saturated carbocycles. The first-order chi connectivity index (χ1) is 6.11. The van der Waals surface area contributed by atoms with Gasteiger partial charge in [-0.15, -0.1) is 22.9 Å². The van der Waals surface area contributed by atoms with Crippen LogP contribution in [-0.2, 0) is 4.79 Å². The highest BCUT2D eigenvalue weighted by molar-refractivity contribution is 7.07. The maximum Gasteiger partial charge on any atom is 0.244 e. The van der Waals surface area contributed by atoms with Crippen LogP contribution in [0.15, 0.2) is 10.9 Å². The van der Waals surface area contributed by atoms with Gasteiger partial charge in [-0.2, -0.15) is 0 Å². The van der Waals surface area contributed by atoms with Crippen LogP contribution < -0.4 is 5.32 Å². The number of rotatable bonds is 3. The average molecular weight is 219 g/mol. The van der Waals surface area contributed by atoms with Gasteiger partial charge in [0, 0.05) is 11.4 Å². The molecule has 0 aliphatic carbocycles. The Hall–Kier alpha value is -0.610. The first-order valence-corrected chi connectivity index (χ1v) is 5.31. The van der Waals surface area contributed by atoms with E-state index in [0.29, 0.717) is 5.69 Å². The second-order valence-electron chi connectivity index (χ2n) is 2.94. The van der Waals surface area contributed by atoms with Crippen LogP contribution in [-0.4, -0.2) is 16.9 Å². The third kappa shape index (κ3) is 2.97. The van der Waals surface area contributed by atoms with Crippen molar-refractivity contribution in [3.8, 4) is 0 Å². The summed E-state index contributed by atoms with van der Waals surface area (Å²) >= 11 is 7.30. The summed E-state index contributed by atoms with van der Waals surface area (Å²) < 4.78 is 0. The molecule has 0 aliphatic heterocycles. The maximum atomic E-state index is 11.4. The van der Waals surface area contributed by atoms with E-state index < -0.39 is 5.38 Å². The lowest BCUT2D eigenvalue weighted by Gasteiger charge is -2.10. The summed E-state index contributed by atoms with van der Waals surface area (Å²) in [6.45, 7) is 3.78. The highest BCUT2D eigenvalue weighted by Crippen LogP contribution is 2.19. The van der Waals surface area contributed by atoms with Crippen LogP contribution >= 0.6 is 22.9 Å². The van der Waals surface area contributed by atoms with Crippen molar-refractivity contribution in [1.82, 2.24) is 10.3 Å². The van der Waals surface area contributed by atoms with E-state index in [2.05, 4.69) is 10.3 Å². The fourth-order valence-electron chi connectivity index (χ4n) is 0.839. The van der Waals surface area contributed by atoms with Gasteiger partial charge in [-0.3, -0.25) is 4.79 Å². The number of carbonyl (C=O) groups excluding carboxylic acids is 1. The summed E-state index contributed by atoms with van der Waals surface area (Å²) in [6.07, 6.45) is 0. The van der Waals surface area contributed by atoms with E-state index in [1.54, 1.807) is 10.9 Å². The molecule has 1 heterocycles. The molecule has 0 fully saturated rings. The fraction of sp³-hybridized carbons (Fsp3) is 0.500. The summed E-state index contributed by atoms with van der Waals surface area (Å²) in [7, 11) is 0. The first kappa shape index (κ1) is 10.5. The minimum Gasteiger partial charge on any atom is -0.352 e. The van der Waals surface area contributed by atoms with Crippen molar-refractivity contribution in [3.05, 3.63) is 16.6 Å². The molecule has 0 spiro atoms. The molecule has 1 rings (SSSR count). The minimum absolute atomic E-state index is 0.104. The van der Waals surface area contributed by atoms with E-state index in [1.807, 2.05) is 13.8 Å². The summed E-state index contributed by atoms with van der Waals surface area (Å²) in [4.78, 5) is 15.3. The van der Waals surface area contributed by atoms with Crippen molar-refractivity contribution < 1.29 is 4.79 Å². The average Bonchev–Trinajstić information content (AvgIpc) is 2.53. The Morgan fingerprint density at radius 2 is 2.38 bits per heavy atom. The predicted octanol–water partition coefficient (Wildman–Crippen LogP) is 1.95. The van der Waals surface area contributed by atoms with Crippen molar-refractivity contribution in [2.75, 3.05) is 0 Å². The highest BCUT2D eigenvalue weighted by atomic mass is 35.5. The number of carbonyl (C=O) groups is 1. The van der Waals surface area contributed by atoms with Crippen LogP contribution in [0.4, 0.5) is 0 Å². The maximum absolute atomic E-state index is 11.4. The minimum atomic E-state index is -0.673. The van der Waals surface area contributed by atoms with Crippen molar-refractivity contribution in [3.63, 3.8) is 0 Å². The third-order valence-corrected chi connectivity index (χ3v) is 2.40. The van der Waals surface area contributed by atoms with Crippen molar-refractivity contribution in [1.29, 1.82) is 0 Å². The van der Waals surface area contributed by atoms with Gasteiger partial charge in [0.2, 0.25) is 5.91 Å². The van der Waals surface area contributed by atoms with E-state index in [0.717, 1.165) is 0 Å². The quantitative estimate of drug-likeness (QED) is 0.788. The normalized spacial score (nSPS) is 12.9. The van der Waals surface area contributed by atoms with Crippen LogP contribution in [0.25, 0.3) is 0 Å². The number of aromatic nitrogens is 1. The SMILES string of the molecule is CC(C)NC(=O)C(Cl)c1cscn1. The Morgan fingerprint density at radius 3 is 2.85 bits per heavy atom. The summed E-state index contributed by atoms with van der Waals surface area (Å²) in [6, 6.07) is 0.104. The van der Waals surface area contributed by atoms with E-state index in [9.17, 15) is 4.79 Å². The zero-order valence-corrected chi connectivity index (χ0v) is 9.02. The van der Waals surface area contributed by atoms with E-state index in [4.69, 9.17) is 11.6 Å². The van der Waals surface area contributed by atoms with Gasteiger partial charge in [-0.1, -0.05) is 0 Å². The molecule has 0 radical (unpaired) electrons. The fourth-order valence-corrected chi connectivity index (χ4v) is 1.68. The summed E-state index contributed by atoms with van der Waals surface area (Å²) in [5, 5.41) is 3.83. The smallest absolute Gasteiger partial charge is 0.244 e. The van der Waals surface area contributed by atoms with Crippen LogP contribution in [0.5, 0.6) is 0 Å². The van der Waals surface area contributed by atoms with E-state index in [-0.39, 0.29) is 11.9 Å². The van der Waals surface area contributed by atoms with Crippen LogP contribution in [0.1, 0.15) is 24.9 Å². The highest BCUT2D eigenvalue weighted by Gasteiger charge is 2.19. The van der Waals surface area contributed by atoms with Gasteiger partial charge < -0.3 is 5.32 Å². The van der Waals surface area contributed by atoms with Gasteiger partial charge in [0.15, 0.2) is 5.38 Å².